The monoisotopic (exact) mass is 259 g/mol. The first-order valence-electron chi connectivity index (χ1n) is 6.13. The van der Waals surface area contributed by atoms with Crippen molar-refractivity contribution in [3.63, 3.8) is 0 Å². The van der Waals surface area contributed by atoms with Crippen molar-refractivity contribution in [2.75, 3.05) is 10.6 Å². The number of hydrogen-bond acceptors (Lipinski definition) is 5. The average molecular weight is 259 g/mol. The van der Waals surface area contributed by atoms with E-state index < -0.39 is 10.9 Å². The molecule has 0 radical (unpaired) electrons. The summed E-state index contributed by atoms with van der Waals surface area (Å²) in [6.45, 7) is 6.32. The van der Waals surface area contributed by atoms with E-state index in [1.54, 1.807) is 12.4 Å². The largest absolute Gasteiger partial charge is 0.376 e. The highest BCUT2D eigenvalue weighted by atomic mass is 16.2. The minimum absolute atomic E-state index is 0.255. The van der Waals surface area contributed by atoms with Crippen molar-refractivity contribution >= 4 is 11.4 Å². The molecule has 0 atom stereocenters. The maximum Gasteiger partial charge on any atom is 0.253 e. The highest BCUT2D eigenvalue weighted by molar-refractivity contribution is 5.74. The van der Waals surface area contributed by atoms with Gasteiger partial charge in [0.2, 0.25) is 0 Å². The molecule has 0 amide bonds. The van der Waals surface area contributed by atoms with E-state index in [2.05, 4.69) is 15.6 Å². The van der Waals surface area contributed by atoms with Gasteiger partial charge >= 0.3 is 0 Å². The van der Waals surface area contributed by atoms with E-state index in [1.165, 1.54) is 0 Å². The minimum Gasteiger partial charge on any atom is -0.376 e. The Morgan fingerprint density at radius 3 is 2.21 bits per heavy atom. The molecule has 0 fully saturated rings. The summed E-state index contributed by atoms with van der Waals surface area (Å²) >= 11 is 0. The maximum atomic E-state index is 11.6. The Morgan fingerprint density at radius 1 is 1.05 bits per heavy atom. The van der Waals surface area contributed by atoms with Gasteiger partial charge in [-0.3, -0.25) is 14.6 Å². The molecule has 1 aromatic heterocycles. The van der Waals surface area contributed by atoms with Crippen molar-refractivity contribution in [3.8, 4) is 0 Å². The quantitative estimate of drug-likeness (QED) is 0.814. The Balaban J connectivity index is 2.12. The number of hydrogen-bond donors (Lipinski definition) is 2. The number of nitrogens with one attached hydrogen (secondary N) is 2. The van der Waals surface area contributed by atoms with E-state index >= 15 is 0 Å². The normalized spacial score (nSPS) is 11.5. The van der Waals surface area contributed by atoms with Gasteiger partial charge in [-0.2, -0.15) is 0 Å². The summed E-state index contributed by atoms with van der Waals surface area (Å²) in [5, 5.41) is 6.06. The molecule has 0 saturated heterocycles. The Morgan fingerprint density at radius 2 is 1.63 bits per heavy atom. The summed E-state index contributed by atoms with van der Waals surface area (Å²) in [4.78, 5) is 27.0. The zero-order valence-electron chi connectivity index (χ0n) is 11.3. The van der Waals surface area contributed by atoms with Gasteiger partial charge in [0, 0.05) is 24.5 Å². The average Bonchev–Trinajstić information content (AvgIpc) is 2.37. The molecule has 5 nitrogen and oxygen atoms in total. The van der Waals surface area contributed by atoms with Crippen LogP contribution in [0.25, 0.3) is 0 Å². The fourth-order valence-electron chi connectivity index (χ4n) is 1.75. The van der Waals surface area contributed by atoms with Gasteiger partial charge < -0.3 is 10.6 Å². The molecule has 0 unspecified atom stereocenters. The predicted octanol–water partition coefficient (Wildman–Crippen LogP) is 1.50. The summed E-state index contributed by atoms with van der Waals surface area (Å²) in [6, 6.07) is 3.71. The van der Waals surface area contributed by atoms with Crippen molar-refractivity contribution in [3.05, 3.63) is 50.5 Å². The topological polar surface area (TPSA) is 71.1 Å². The molecule has 2 aromatic rings. The molecule has 0 aliphatic heterocycles. The zero-order valence-corrected chi connectivity index (χ0v) is 11.3. The van der Waals surface area contributed by atoms with Crippen LogP contribution in [0.2, 0.25) is 0 Å². The van der Waals surface area contributed by atoms with Crippen LogP contribution in [0.15, 0.2) is 34.1 Å². The van der Waals surface area contributed by atoms with Crippen LogP contribution < -0.4 is 21.5 Å². The van der Waals surface area contributed by atoms with Crippen LogP contribution >= 0.6 is 0 Å². The Kier molecular flexibility index (Phi) is 3.38. The van der Waals surface area contributed by atoms with Crippen molar-refractivity contribution < 1.29 is 0 Å². The Bertz CT molecular complexity index is 635. The van der Waals surface area contributed by atoms with Crippen molar-refractivity contribution in [1.82, 2.24) is 4.98 Å². The number of nitrogens with zero attached hydrogens (tertiary/aromatic N) is 1. The fourth-order valence-corrected chi connectivity index (χ4v) is 1.75. The summed E-state index contributed by atoms with van der Waals surface area (Å²) in [5.74, 6) is 0. The van der Waals surface area contributed by atoms with Crippen LogP contribution in [-0.2, 0) is 6.54 Å². The van der Waals surface area contributed by atoms with Crippen molar-refractivity contribution in [1.29, 1.82) is 0 Å². The third-order valence-electron chi connectivity index (χ3n) is 2.63. The Labute approximate surface area is 111 Å². The number of anilines is 2. The second-order valence-corrected chi connectivity index (χ2v) is 5.49. The molecule has 2 N–H and O–H groups in total. The first kappa shape index (κ1) is 13.3. The molecule has 0 bridgehead atoms. The lowest BCUT2D eigenvalue weighted by Crippen LogP contribution is -2.41. The molecule has 0 spiro atoms. The van der Waals surface area contributed by atoms with Gasteiger partial charge in [-0.25, -0.2) is 0 Å². The van der Waals surface area contributed by atoms with Crippen LogP contribution in [0, 0.1) is 0 Å². The highest BCUT2D eigenvalue weighted by Crippen LogP contribution is 2.19. The summed E-state index contributed by atoms with van der Waals surface area (Å²) in [5.41, 5.74) is 0.593. The molecular formula is C14H17N3O2. The lowest BCUT2D eigenvalue weighted by Gasteiger charge is -2.24. The lowest BCUT2D eigenvalue weighted by atomic mass is 10.1. The molecule has 0 aliphatic carbocycles. The molecule has 19 heavy (non-hydrogen) atoms. The second-order valence-electron chi connectivity index (χ2n) is 5.49. The molecule has 2 rings (SSSR count). The van der Waals surface area contributed by atoms with Crippen molar-refractivity contribution in [2.45, 2.75) is 32.9 Å². The summed E-state index contributed by atoms with van der Waals surface area (Å²) in [6.07, 6.45) is 3.38. The summed E-state index contributed by atoms with van der Waals surface area (Å²) < 4.78 is 0. The minimum atomic E-state index is -0.458. The van der Waals surface area contributed by atoms with E-state index in [4.69, 9.17) is 0 Å². The molecule has 5 heteroatoms. The predicted molar refractivity (Wildman–Crippen MR) is 76.3 cm³/mol. The third kappa shape index (κ3) is 2.99. The lowest BCUT2D eigenvalue weighted by molar-refractivity contribution is 0.632. The standard InChI is InChI=1S/C14H17N3O2/c1-14(2,3)17-11-10(12(18)13(11)19)16-8-9-4-6-15-7-5-9/h4-7,16-17H,8H2,1-3H3. The number of rotatable bonds is 4. The van der Waals surface area contributed by atoms with Crippen LogP contribution in [0.1, 0.15) is 26.3 Å². The van der Waals surface area contributed by atoms with Gasteiger partial charge in [0.15, 0.2) is 0 Å². The van der Waals surface area contributed by atoms with Gasteiger partial charge in [0.1, 0.15) is 11.4 Å². The smallest absolute Gasteiger partial charge is 0.253 e. The fraction of sp³-hybridized carbons (Fsp3) is 0.357. The number of aromatic nitrogens is 1. The highest BCUT2D eigenvalue weighted by Gasteiger charge is 2.24. The first-order valence-corrected chi connectivity index (χ1v) is 6.13. The molecule has 1 aromatic carbocycles. The maximum absolute atomic E-state index is 11.6. The second kappa shape index (κ2) is 4.84. The first-order chi connectivity index (χ1) is 8.88. The van der Waals surface area contributed by atoms with Crippen LogP contribution in [0.3, 0.4) is 0 Å². The van der Waals surface area contributed by atoms with Crippen LogP contribution in [0.5, 0.6) is 0 Å². The van der Waals surface area contributed by atoms with Gasteiger partial charge in [0.05, 0.1) is 0 Å². The van der Waals surface area contributed by atoms with E-state index in [0.29, 0.717) is 17.9 Å². The van der Waals surface area contributed by atoms with Crippen molar-refractivity contribution in [2.24, 2.45) is 0 Å². The molecular weight excluding hydrogens is 242 g/mol. The van der Waals surface area contributed by atoms with Gasteiger partial charge in [-0.05, 0) is 38.5 Å². The van der Waals surface area contributed by atoms with Gasteiger partial charge in [-0.1, -0.05) is 0 Å². The van der Waals surface area contributed by atoms with E-state index in [-0.39, 0.29) is 5.54 Å². The Hall–Kier alpha value is -2.17. The SMILES string of the molecule is CC(C)(C)Nc1c(NCc2ccncc2)c(=O)c1=O. The van der Waals surface area contributed by atoms with Crippen LogP contribution in [-0.4, -0.2) is 10.5 Å². The molecule has 0 saturated carbocycles. The zero-order chi connectivity index (χ0) is 14.0. The van der Waals surface area contributed by atoms with Gasteiger partial charge in [0.25, 0.3) is 10.9 Å². The van der Waals surface area contributed by atoms with E-state index in [1.807, 2.05) is 32.9 Å². The number of pyridine rings is 1. The molecule has 1 heterocycles. The van der Waals surface area contributed by atoms with Crippen LogP contribution in [0.4, 0.5) is 11.4 Å². The molecule has 100 valence electrons. The van der Waals surface area contributed by atoms with E-state index in [0.717, 1.165) is 5.56 Å². The van der Waals surface area contributed by atoms with Gasteiger partial charge in [-0.15, -0.1) is 0 Å². The molecule has 0 aliphatic rings. The third-order valence-corrected chi connectivity index (χ3v) is 2.63. The van der Waals surface area contributed by atoms with E-state index in [9.17, 15) is 9.59 Å². The summed E-state index contributed by atoms with van der Waals surface area (Å²) in [7, 11) is 0.